The number of anilines is 2. The highest BCUT2D eigenvalue weighted by Crippen LogP contribution is 2.35. The van der Waals surface area contributed by atoms with Crippen molar-refractivity contribution in [3.05, 3.63) is 118 Å². The van der Waals surface area contributed by atoms with Crippen molar-refractivity contribution in [1.82, 2.24) is 41.0 Å². The standard InChI is InChI=1S/2C25H31N5O3/c2*1-15(2)25(23(32)27-24(33)28-25)20-8-6-19(7-9-20)22(31)30-11-10-29(14-18(30)5)21-17(4)12-16(3)13-26-21/h2*6-9,12-13,15,18H,10-11,14H2,1-5H3,(H2,27,28,32,33)/t18-,25+;18-,25-/m01/s1. The SMILES string of the molecule is Cc1cnc(N2CCN(C(=O)c3ccc([C@@]4(C(C)C)NC(=O)NC4=O)cc3)[C@@H](C)C2)c(C)c1.Cc1cnc(N2CCN(C(=O)c3ccc([C@@]4(C(C)C)NC(=O)NC4=O)cc3)[C@H](C)C2)c(C)c1. The lowest BCUT2D eigenvalue weighted by Gasteiger charge is -2.41. The fourth-order valence-electron chi connectivity index (χ4n) is 9.89. The molecule has 4 saturated heterocycles. The Balaban J connectivity index is 0.000000196. The maximum atomic E-state index is 13.3. The lowest BCUT2D eigenvalue weighted by Crippen LogP contribution is -2.54. The molecule has 0 aliphatic carbocycles. The lowest BCUT2D eigenvalue weighted by molar-refractivity contribution is -0.126. The van der Waals surface area contributed by atoms with Gasteiger partial charge in [-0.2, -0.15) is 0 Å². The van der Waals surface area contributed by atoms with E-state index in [0.717, 1.165) is 33.9 Å². The quantitative estimate of drug-likeness (QED) is 0.165. The molecule has 4 fully saturated rings. The molecule has 0 unspecified atom stereocenters. The van der Waals surface area contributed by atoms with Crippen LogP contribution in [0.25, 0.3) is 0 Å². The third-order valence-electron chi connectivity index (χ3n) is 13.4. The molecule has 8 amide bonds. The molecule has 2 aromatic heterocycles. The maximum absolute atomic E-state index is 13.3. The summed E-state index contributed by atoms with van der Waals surface area (Å²) < 4.78 is 0. The van der Waals surface area contributed by atoms with Gasteiger partial charge >= 0.3 is 12.1 Å². The van der Waals surface area contributed by atoms with E-state index in [-0.39, 0.29) is 47.5 Å². The molecule has 0 saturated carbocycles. The monoisotopic (exact) mass is 898 g/mol. The average Bonchev–Trinajstić information content (AvgIpc) is 3.76. The van der Waals surface area contributed by atoms with E-state index in [0.29, 0.717) is 61.5 Å². The molecule has 4 aromatic rings. The molecule has 8 rings (SSSR count). The van der Waals surface area contributed by atoms with Crippen molar-refractivity contribution in [2.24, 2.45) is 11.8 Å². The van der Waals surface area contributed by atoms with Gasteiger partial charge < -0.3 is 30.2 Å². The Kier molecular flexibility index (Phi) is 13.3. The van der Waals surface area contributed by atoms with Crippen LogP contribution in [0.5, 0.6) is 0 Å². The Morgan fingerprint density at radius 1 is 0.576 bits per heavy atom. The zero-order valence-electron chi connectivity index (χ0n) is 39.6. The molecule has 4 aliphatic heterocycles. The van der Waals surface area contributed by atoms with Crippen LogP contribution in [0.15, 0.2) is 73.1 Å². The average molecular weight is 899 g/mol. The second kappa shape index (κ2) is 18.6. The number of hydrogen-bond donors (Lipinski definition) is 4. The Morgan fingerprint density at radius 3 is 1.20 bits per heavy atom. The van der Waals surface area contributed by atoms with Crippen molar-refractivity contribution < 1.29 is 28.8 Å². The fraction of sp³-hybridized carbons (Fsp3) is 0.440. The van der Waals surface area contributed by atoms with E-state index < -0.39 is 23.1 Å². The first-order valence-electron chi connectivity index (χ1n) is 22.7. The van der Waals surface area contributed by atoms with E-state index in [1.54, 1.807) is 48.5 Å². The number of amides is 8. The molecule has 16 nitrogen and oxygen atoms in total. The number of hydrogen-bond acceptors (Lipinski definition) is 10. The predicted molar refractivity (Wildman–Crippen MR) is 252 cm³/mol. The Hall–Kier alpha value is -6.84. The number of aromatic nitrogens is 2. The lowest BCUT2D eigenvalue weighted by atomic mass is 9.79. The minimum atomic E-state index is -1.13. The number of aryl methyl sites for hydroxylation is 4. The van der Waals surface area contributed by atoms with Crippen LogP contribution in [0.2, 0.25) is 0 Å². The van der Waals surface area contributed by atoms with Gasteiger partial charge in [0.25, 0.3) is 23.6 Å². The smallest absolute Gasteiger partial charge is 0.322 e. The summed E-state index contributed by atoms with van der Waals surface area (Å²) in [5, 5.41) is 10.2. The molecule has 4 aliphatic rings. The third-order valence-corrected chi connectivity index (χ3v) is 13.4. The molecule has 2 aromatic carbocycles. The summed E-state index contributed by atoms with van der Waals surface area (Å²) in [6.07, 6.45) is 3.76. The van der Waals surface area contributed by atoms with Crippen LogP contribution in [0.3, 0.4) is 0 Å². The van der Waals surface area contributed by atoms with Crippen LogP contribution < -0.4 is 31.1 Å². The zero-order valence-corrected chi connectivity index (χ0v) is 39.6. The fourth-order valence-corrected chi connectivity index (χ4v) is 9.89. The molecule has 0 spiro atoms. The van der Waals surface area contributed by atoms with Crippen LogP contribution in [-0.2, 0) is 20.7 Å². The zero-order chi connectivity index (χ0) is 47.8. The van der Waals surface area contributed by atoms with Crippen molar-refractivity contribution in [3.8, 4) is 0 Å². The molecular formula is C50H62N10O6. The number of benzene rings is 2. The molecule has 0 bridgehead atoms. The maximum Gasteiger partial charge on any atom is 0.322 e. The van der Waals surface area contributed by atoms with E-state index in [2.05, 4.69) is 67.0 Å². The first kappa shape index (κ1) is 47.1. The molecule has 66 heavy (non-hydrogen) atoms. The van der Waals surface area contributed by atoms with Gasteiger partial charge in [0.15, 0.2) is 0 Å². The number of nitrogens with one attached hydrogen (secondary N) is 4. The molecule has 4 atom stereocenters. The normalized spacial score (nSPS) is 23.0. The Bertz CT molecular complexity index is 2370. The third kappa shape index (κ3) is 8.80. The summed E-state index contributed by atoms with van der Waals surface area (Å²) in [7, 11) is 0. The molecule has 6 heterocycles. The summed E-state index contributed by atoms with van der Waals surface area (Å²) in [6, 6.07) is 17.3. The Labute approximate surface area is 386 Å². The number of nitrogens with zero attached hydrogens (tertiary/aromatic N) is 6. The number of imide groups is 2. The topological polar surface area (TPSA) is 189 Å². The first-order chi connectivity index (χ1) is 31.3. The Morgan fingerprint density at radius 2 is 0.924 bits per heavy atom. The van der Waals surface area contributed by atoms with Crippen molar-refractivity contribution in [3.63, 3.8) is 0 Å². The van der Waals surface area contributed by atoms with E-state index in [1.807, 2.05) is 77.6 Å². The first-order valence-corrected chi connectivity index (χ1v) is 22.7. The van der Waals surface area contributed by atoms with Crippen molar-refractivity contribution in [1.29, 1.82) is 0 Å². The molecule has 0 radical (unpaired) electrons. The van der Waals surface area contributed by atoms with E-state index in [9.17, 15) is 28.8 Å². The predicted octanol–water partition coefficient (Wildman–Crippen LogP) is 5.48. The number of urea groups is 2. The number of rotatable bonds is 8. The van der Waals surface area contributed by atoms with Gasteiger partial charge in [-0.15, -0.1) is 0 Å². The number of carbonyl (C=O) groups is 6. The van der Waals surface area contributed by atoms with Crippen LogP contribution >= 0.6 is 0 Å². The van der Waals surface area contributed by atoms with Crippen molar-refractivity contribution in [2.45, 2.75) is 92.4 Å². The molecule has 16 heteroatoms. The van der Waals surface area contributed by atoms with Crippen LogP contribution in [-0.4, -0.2) is 107 Å². The minimum Gasteiger partial charge on any atom is -0.353 e. The van der Waals surface area contributed by atoms with Crippen LogP contribution in [0.4, 0.5) is 21.2 Å². The van der Waals surface area contributed by atoms with E-state index in [1.165, 1.54) is 0 Å². The summed E-state index contributed by atoms with van der Waals surface area (Å²) in [5.74, 6) is 0.814. The van der Waals surface area contributed by atoms with Gasteiger partial charge in [0.1, 0.15) is 22.7 Å². The van der Waals surface area contributed by atoms with Crippen LogP contribution in [0, 0.1) is 39.5 Å². The molecule has 348 valence electrons. The molecular weight excluding hydrogens is 837 g/mol. The van der Waals surface area contributed by atoms with Gasteiger partial charge in [-0.25, -0.2) is 19.6 Å². The van der Waals surface area contributed by atoms with Crippen molar-refractivity contribution in [2.75, 3.05) is 49.1 Å². The van der Waals surface area contributed by atoms with Gasteiger partial charge in [0, 0.05) is 74.9 Å². The van der Waals surface area contributed by atoms with Gasteiger partial charge in [0.2, 0.25) is 0 Å². The summed E-state index contributed by atoms with van der Waals surface area (Å²) in [6.45, 7) is 23.9. The van der Waals surface area contributed by atoms with Crippen LogP contribution in [0.1, 0.15) is 95.6 Å². The van der Waals surface area contributed by atoms with Crippen molar-refractivity contribution >= 4 is 47.3 Å². The summed E-state index contributed by atoms with van der Waals surface area (Å²) >= 11 is 0. The van der Waals surface area contributed by atoms with Gasteiger partial charge in [-0.1, -0.05) is 64.1 Å². The number of piperazine rings is 2. The van der Waals surface area contributed by atoms with Gasteiger partial charge in [-0.05, 0) is 111 Å². The summed E-state index contributed by atoms with van der Waals surface area (Å²) in [5.41, 5.74) is 4.74. The number of pyridine rings is 2. The largest absolute Gasteiger partial charge is 0.353 e. The highest BCUT2D eigenvalue weighted by Gasteiger charge is 2.51. The second-order valence-electron chi connectivity index (χ2n) is 18.8. The highest BCUT2D eigenvalue weighted by atomic mass is 16.2. The second-order valence-corrected chi connectivity index (χ2v) is 18.8. The summed E-state index contributed by atoms with van der Waals surface area (Å²) in [4.78, 5) is 92.8. The highest BCUT2D eigenvalue weighted by molar-refractivity contribution is 6.08. The number of carbonyl (C=O) groups excluding carboxylic acids is 6. The minimum absolute atomic E-state index is 0.0235. The molecule has 4 N–H and O–H groups in total. The van der Waals surface area contributed by atoms with Gasteiger partial charge in [-0.3, -0.25) is 29.8 Å². The van der Waals surface area contributed by atoms with E-state index >= 15 is 0 Å². The van der Waals surface area contributed by atoms with E-state index in [4.69, 9.17) is 0 Å². The van der Waals surface area contributed by atoms with Gasteiger partial charge in [0.05, 0.1) is 0 Å².